The van der Waals surface area contributed by atoms with Crippen LogP contribution in [-0.4, -0.2) is 26.9 Å². The van der Waals surface area contributed by atoms with Crippen LogP contribution in [0.5, 0.6) is 5.75 Å². The Morgan fingerprint density at radius 2 is 1.84 bits per heavy atom. The first-order valence-electron chi connectivity index (χ1n) is 7.01. The molecule has 0 unspecified atom stereocenters. The van der Waals surface area contributed by atoms with Crippen LogP contribution in [0.1, 0.15) is 11.1 Å². The van der Waals surface area contributed by atoms with E-state index in [-0.39, 0.29) is 6.54 Å². The quantitative estimate of drug-likeness (QED) is 0.765. The summed E-state index contributed by atoms with van der Waals surface area (Å²) in [6, 6.07) is 9.25. The Morgan fingerprint density at radius 1 is 1.16 bits per heavy atom. The molecule has 25 heavy (non-hydrogen) atoms. The third-order valence-corrected chi connectivity index (χ3v) is 5.62. The van der Waals surface area contributed by atoms with E-state index in [4.69, 9.17) is 16.3 Å². The van der Waals surface area contributed by atoms with Gasteiger partial charge in [-0.25, -0.2) is 8.42 Å². The Kier molecular flexibility index (Phi) is 5.65. The first-order valence-corrected chi connectivity index (χ1v) is 8.83. The van der Waals surface area contributed by atoms with E-state index >= 15 is 0 Å². The van der Waals surface area contributed by atoms with Gasteiger partial charge in [0.25, 0.3) is 0 Å². The van der Waals surface area contributed by atoms with Gasteiger partial charge in [-0.3, -0.25) is 0 Å². The highest BCUT2D eigenvalue weighted by atomic mass is 35.5. The molecule has 136 valence electrons. The van der Waals surface area contributed by atoms with Crippen LogP contribution in [0.15, 0.2) is 47.4 Å². The molecule has 0 aromatic heterocycles. The Morgan fingerprint density at radius 3 is 2.44 bits per heavy atom. The highest BCUT2D eigenvalue weighted by Crippen LogP contribution is 2.36. The minimum atomic E-state index is -4.74. The second-order valence-electron chi connectivity index (χ2n) is 5.25. The fourth-order valence-corrected chi connectivity index (χ4v) is 3.59. The van der Waals surface area contributed by atoms with Crippen LogP contribution in [0, 0.1) is 0 Å². The maximum Gasteiger partial charge on any atom is 0.417 e. The molecule has 2 aromatic carbocycles. The number of hydrogen-bond donors (Lipinski definition) is 0. The van der Waals surface area contributed by atoms with E-state index in [1.165, 1.54) is 14.2 Å². The van der Waals surface area contributed by atoms with E-state index in [1.54, 1.807) is 24.3 Å². The second kappa shape index (κ2) is 7.23. The van der Waals surface area contributed by atoms with E-state index in [1.807, 2.05) is 0 Å². The molecule has 9 heteroatoms. The first kappa shape index (κ1) is 19.6. The molecular weight excluding hydrogens is 379 g/mol. The van der Waals surface area contributed by atoms with Gasteiger partial charge in [0, 0.05) is 13.6 Å². The summed E-state index contributed by atoms with van der Waals surface area (Å²) in [5, 5.41) is -0.554. The maximum atomic E-state index is 12.9. The number of halogens is 4. The molecule has 0 atom stereocenters. The second-order valence-corrected chi connectivity index (χ2v) is 7.70. The average molecular weight is 394 g/mol. The molecule has 0 fully saturated rings. The van der Waals surface area contributed by atoms with Crippen LogP contribution >= 0.6 is 11.6 Å². The predicted octanol–water partition coefficient (Wildman–Crippen LogP) is 4.19. The first-order chi connectivity index (χ1) is 11.6. The zero-order valence-electron chi connectivity index (χ0n) is 13.3. The summed E-state index contributed by atoms with van der Waals surface area (Å²) in [6.07, 6.45) is -4.74. The SMILES string of the molecule is COc1cccc(CN(C)S(=O)(=O)c2ccc(Cl)c(C(F)(F)F)c2)c1. The molecule has 0 N–H and O–H groups in total. The zero-order chi connectivity index (χ0) is 18.8. The zero-order valence-corrected chi connectivity index (χ0v) is 14.9. The summed E-state index contributed by atoms with van der Waals surface area (Å²) in [4.78, 5) is -0.477. The van der Waals surface area contributed by atoms with E-state index in [9.17, 15) is 21.6 Å². The smallest absolute Gasteiger partial charge is 0.417 e. The van der Waals surface area contributed by atoms with Crippen LogP contribution < -0.4 is 4.74 Å². The van der Waals surface area contributed by atoms with Gasteiger partial charge in [0.05, 0.1) is 22.6 Å². The Balaban J connectivity index is 2.34. The summed E-state index contributed by atoms with van der Waals surface area (Å²) < 4.78 is 70.0. The lowest BCUT2D eigenvalue weighted by atomic mass is 10.2. The predicted molar refractivity (Wildman–Crippen MR) is 88.1 cm³/mol. The van der Waals surface area contributed by atoms with Crippen LogP contribution in [0.4, 0.5) is 13.2 Å². The van der Waals surface area contributed by atoms with E-state index in [0.29, 0.717) is 17.4 Å². The Labute approximate surface area is 148 Å². The molecule has 0 spiro atoms. The molecule has 2 rings (SSSR count). The van der Waals surface area contributed by atoms with Crippen LogP contribution in [-0.2, 0) is 22.7 Å². The summed E-state index contributed by atoms with van der Waals surface area (Å²) in [7, 11) is -1.36. The number of nitrogens with zero attached hydrogens (tertiary/aromatic N) is 1. The lowest BCUT2D eigenvalue weighted by molar-refractivity contribution is -0.137. The summed E-state index contributed by atoms with van der Waals surface area (Å²) >= 11 is 5.53. The molecule has 0 saturated carbocycles. The van der Waals surface area contributed by atoms with Crippen molar-refractivity contribution < 1.29 is 26.3 Å². The number of benzene rings is 2. The molecule has 0 aliphatic heterocycles. The minimum absolute atomic E-state index is 0.0243. The Hall–Kier alpha value is -1.77. The number of alkyl halides is 3. The number of sulfonamides is 1. The average Bonchev–Trinajstić information content (AvgIpc) is 2.54. The lowest BCUT2D eigenvalue weighted by Crippen LogP contribution is -2.26. The van der Waals surface area contributed by atoms with Crippen molar-refractivity contribution in [3.05, 3.63) is 58.6 Å². The molecule has 0 saturated heterocycles. The fourth-order valence-electron chi connectivity index (χ4n) is 2.17. The van der Waals surface area contributed by atoms with Crippen molar-refractivity contribution in [2.45, 2.75) is 17.6 Å². The monoisotopic (exact) mass is 393 g/mol. The van der Waals surface area contributed by atoms with Gasteiger partial charge in [0.1, 0.15) is 5.75 Å². The summed E-state index contributed by atoms with van der Waals surface area (Å²) in [5.41, 5.74) is -0.555. The van der Waals surface area contributed by atoms with Crippen molar-refractivity contribution in [3.8, 4) is 5.75 Å². The molecule has 4 nitrogen and oxygen atoms in total. The van der Waals surface area contributed by atoms with Crippen molar-refractivity contribution in [2.24, 2.45) is 0 Å². The van der Waals surface area contributed by atoms with Gasteiger partial charge in [-0.15, -0.1) is 0 Å². The van der Waals surface area contributed by atoms with Crippen molar-refractivity contribution >= 4 is 21.6 Å². The topological polar surface area (TPSA) is 46.6 Å². The fraction of sp³-hybridized carbons (Fsp3) is 0.250. The highest BCUT2D eigenvalue weighted by molar-refractivity contribution is 7.89. The molecule has 0 radical (unpaired) electrons. The molecule has 0 amide bonds. The molecule has 0 heterocycles. The third-order valence-electron chi connectivity index (χ3n) is 3.49. The Bertz CT molecular complexity index is 869. The van der Waals surface area contributed by atoms with Crippen LogP contribution in [0.3, 0.4) is 0 Å². The summed E-state index contributed by atoms with van der Waals surface area (Å²) in [5.74, 6) is 0.550. The van der Waals surface area contributed by atoms with Gasteiger partial charge in [-0.05, 0) is 35.9 Å². The van der Waals surface area contributed by atoms with Gasteiger partial charge in [-0.1, -0.05) is 23.7 Å². The highest BCUT2D eigenvalue weighted by Gasteiger charge is 2.35. The molecule has 0 aliphatic rings. The van der Waals surface area contributed by atoms with Crippen molar-refractivity contribution in [3.63, 3.8) is 0 Å². The van der Waals surface area contributed by atoms with E-state index in [2.05, 4.69) is 0 Å². The number of hydrogen-bond acceptors (Lipinski definition) is 3. The van der Waals surface area contributed by atoms with E-state index in [0.717, 1.165) is 16.4 Å². The van der Waals surface area contributed by atoms with Crippen LogP contribution in [0.25, 0.3) is 0 Å². The largest absolute Gasteiger partial charge is 0.497 e. The van der Waals surface area contributed by atoms with Gasteiger partial charge in [0.15, 0.2) is 0 Å². The van der Waals surface area contributed by atoms with Crippen molar-refractivity contribution in [1.82, 2.24) is 4.31 Å². The molecular formula is C16H15ClF3NO3S. The number of ether oxygens (including phenoxy) is 1. The summed E-state index contributed by atoms with van der Waals surface area (Å²) in [6.45, 7) is -0.0243. The van der Waals surface area contributed by atoms with E-state index < -0.39 is 31.7 Å². The molecule has 0 aliphatic carbocycles. The standard InChI is InChI=1S/C16H15ClF3NO3S/c1-21(10-11-4-3-5-12(8-11)24-2)25(22,23)13-6-7-15(17)14(9-13)16(18,19)20/h3-9H,10H2,1-2H3. The van der Waals surface area contributed by atoms with Gasteiger partial charge in [0.2, 0.25) is 10.0 Å². The van der Waals surface area contributed by atoms with Gasteiger partial charge >= 0.3 is 6.18 Å². The number of rotatable bonds is 5. The lowest BCUT2D eigenvalue weighted by Gasteiger charge is -2.19. The van der Waals surface area contributed by atoms with Gasteiger partial charge < -0.3 is 4.74 Å². The van der Waals surface area contributed by atoms with Crippen molar-refractivity contribution in [1.29, 1.82) is 0 Å². The molecule has 0 bridgehead atoms. The normalized spacial score (nSPS) is 12.4. The molecule has 2 aromatic rings. The minimum Gasteiger partial charge on any atom is -0.497 e. The number of methoxy groups -OCH3 is 1. The maximum absolute atomic E-state index is 12.9. The van der Waals surface area contributed by atoms with Gasteiger partial charge in [-0.2, -0.15) is 17.5 Å². The third kappa shape index (κ3) is 4.45. The van der Waals surface area contributed by atoms with Crippen molar-refractivity contribution in [2.75, 3.05) is 14.2 Å². The van der Waals surface area contributed by atoms with Crippen LogP contribution in [0.2, 0.25) is 5.02 Å².